The van der Waals surface area contributed by atoms with Gasteiger partial charge in [-0.1, -0.05) is 6.92 Å². The highest BCUT2D eigenvalue weighted by molar-refractivity contribution is 7.10. The summed E-state index contributed by atoms with van der Waals surface area (Å²) in [5.41, 5.74) is 8.03. The molecule has 0 radical (unpaired) electrons. The Labute approximate surface area is 126 Å². The molecule has 0 bridgehead atoms. The van der Waals surface area contributed by atoms with Crippen LogP contribution in [0.1, 0.15) is 36.6 Å². The molecule has 1 aromatic heterocycles. The molecule has 1 aromatic rings. The van der Waals surface area contributed by atoms with Crippen LogP contribution >= 0.6 is 11.3 Å². The van der Waals surface area contributed by atoms with Gasteiger partial charge >= 0.3 is 0 Å². The van der Waals surface area contributed by atoms with Crippen molar-refractivity contribution in [2.24, 2.45) is 5.73 Å². The van der Waals surface area contributed by atoms with E-state index in [1.54, 1.807) is 10.4 Å². The third-order valence-corrected chi connectivity index (χ3v) is 6.21. The zero-order chi connectivity index (χ0) is 14.0. The smallest absolute Gasteiger partial charge is 0.0359 e. The van der Waals surface area contributed by atoms with Gasteiger partial charge in [0.2, 0.25) is 0 Å². The van der Waals surface area contributed by atoms with Crippen molar-refractivity contribution < 1.29 is 0 Å². The molecule has 0 saturated carbocycles. The van der Waals surface area contributed by atoms with E-state index in [4.69, 9.17) is 5.73 Å². The number of rotatable bonds is 4. The molecule has 2 aliphatic heterocycles. The van der Waals surface area contributed by atoms with Crippen LogP contribution in [-0.4, -0.2) is 48.1 Å². The minimum Gasteiger partial charge on any atom is -0.329 e. The first-order valence-corrected chi connectivity index (χ1v) is 8.88. The highest BCUT2D eigenvalue weighted by Gasteiger charge is 2.39. The number of thiophene rings is 1. The van der Waals surface area contributed by atoms with E-state index >= 15 is 0 Å². The van der Waals surface area contributed by atoms with Gasteiger partial charge in [0, 0.05) is 30.1 Å². The molecule has 1 saturated heterocycles. The highest BCUT2D eigenvalue weighted by Crippen LogP contribution is 2.34. The summed E-state index contributed by atoms with van der Waals surface area (Å²) in [7, 11) is 0. The number of likely N-dealkylation sites (tertiary alicyclic amines) is 1. The predicted molar refractivity (Wildman–Crippen MR) is 86.2 cm³/mol. The first kappa shape index (κ1) is 14.5. The van der Waals surface area contributed by atoms with E-state index in [-0.39, 0.29) is 5.54 Å². The maximum atomic E-state index is 6.23. The van der Waals surface area contributed by atoms with Crippen molar-refractivity contribution >= 4 is 11.3 Å². The molecule has 0 spiro atoms. The van der Waals surface area contributed by atoms with Gasteiger partial charge in [0.15, 0.2) is 0 Å². The van der Waals surface area contributed by atoms with Crippen LogP contribution in [0.5, 0.6) is 0 Å². The third kappa shape index (κ3) is 2.67. The summed E-state index contributed by atoms with van der Waals surface area (Å²) in [6.45, 7) is 9.08. The van der Waals surface area contributed by atoms with Crippen molar-refractivity contribution in [3.63, 3.8) is 0 Å². The van der Waals surface area contributed by atoms with Crippen molar-refractivity contribution in [2.75, 3.05) is 32.7 Å². The van der Waals surface area contributed by atoms with Crippen LogP contribution in [-0.2, 0) is 13.0 Å². The van der Waals surface area contributed by atoms with Gasteiger partial charge in [-0.05, 0) is 62.3 Å². The van der Waals surface area contributed by atoms with Crippen LogP contribution in [0, 0.1) is 0 Å². The molecule has 4 heteroatoms. The van der Waals surface area contributed by atoms with E-state index in [0.717, 1.165) is 13.1 Å². The van der Waals surface area contributed by atoms with Crippen LogP contribution in [0.15, 0.2) is 11.4 Å². The van der Waals surface area contributed by atoms with Crippen molar-refractivity contribution in [1.29, 1.82) is 0 Å². The van der Waals surface area contributed by atoms with Crippen molar-refractivity contribution in [2.45, 2.75) is 44.7 Å². The lowest BCUT2D eigenvalue weighted by molar-refractivity contribution is 0.0176. The van der Waals surface area contributed by atoms with Crippen LogP contribution in [0.4, 0.5) is 0 Å². The van der Waals surface area contributed by atoms with Crippen molar-refractivity contribution in [1.82, 2.24) is 9.80 Å². The topological polar surface area (TPSA) is 32.5 Å². The average Bonchev–Trinajstić information content (AvgIpc) is 2.96. The van der Waals surface area contributed by atoms with Crippen LogP contribution in [0.25, 0.3) is 0 Å². The molecule has 112 valence electrons. The minimum atomic E-state index is 0.254. The van der Waals surface area contributed by atoms with Gasteiger partial charge in [-0.2, -0.15) is 0 Å². The first-order chi connectivity index (χ1) is 9.77. The Bertz CT molecular complexity index is 435. The fraction of sp³-hybridized carbons (Fsp3) is 0.750. The van der Waals surface area contributed by atoms with E-state index < -0.39 is 0 Å². The summed E-state index contributed by atoms with van der Waals surface area (Å²) in [6.07, 6.45) is 4.96. The number of fused-ring (bicyclic) bond motifs is 1. The summed E-state index contributed by atoms with van der Waals surface area (Å²) < 4.78 is 0. The molecule has 2 N–H and O–H groups in total. The van der Waals surface area contributed by atoms with Gasteiger partial charge in [-0.3, -0.25) is 4.90 Å². The maximum absolute atomic E-state index is 6.23. The van der Waals surface area contributed by atoms with E-state index in [9.17, 15) is 0 Å². The average molecular weight is 293 g/mol. The molecule has 0 aromatic carbocycles. The highest BCUT2D eigenvalue weighted by atomic mass is 32.1. The Balaban J connectivity index is 1.68. The molecule has 0 unspecified atom stereocenters. The Morgan fingerprint density at radius 1 is 1.30 bits per heavy atom. The number of hydrogen-bond donors (Lipinski definition) is 1. The zero-order valence-electron chi connectivity index (χ0n) is 12.6. The van der Waals surface area contributed by atoms with E-state index in [0.29, 0.717) is 0 Å². The summed E-state index contributed by atoms with van der Waals surface area (Å²) in [6, 6.07) is 2.31. The second-order valence-corrected chi connectivity index (χ2v) is 7.31. The van der Waals surface area contributed by atoms with Gasteiger partial charge in [0.05, 0.1) is 0 Å². The fourth-order valence-electron chi connectivity index (χ4n) is 3.81. The van der Waals surface area contributed by atoms with Crippen molar-refractivity contribution in [3.8, 4) is 0 Å². The third-order valence-electron chi connectivity index (χ3n) is 5.19. The summed E-state index contributed by atoms with van der Waals surface area (Å²) >= 11 is 1.92. The molecule has 0 atom stereocenters. The van der Waals surface area contributed by atoms with E-state index in [1.165, 1.54) is 51.9 Å². The van der Waals surface area contributed by atoms with Gasteiger partial charge in [0.1, 0.15) is 0 Å². The molecule has 1 fully saturated rings. The lowest BCUT2D eigenvalue weighted by atomic mass is 9.84. The Hall–Kier alpha value is -0.420. The zero-order valence-corrected chi connectivity index (χ0v) is 13.4. The molecule has 3 heterocycles. The summed E-state index contributed by atoms with van der Waals surface area (Å²) in [5.74, 6) is 0. The Morgan fingerprint density at radius 3 is 2.80 bits per heavy atom. The minimum absolute atomic E-state index is 0.254. The molecule has 2 aliphatic rings. The van der Waals surface area contributed by atoms with Gasteiger partial charge < -0.3 is 10.6 Å². The lowest BCUT2D eigenvalue weighted by Crippen LogP contribution is -2.60. The predicted octanol–water partition coefficient (Wildman–Crippen LogP) is 2.31. The van der Waals surface area contributed by atoms with E-state index in [1.807, 2.05) is 11.3 Å². The van der Waals surface area contributed by atoms with Gasteiger partial charge in [0.25, 0.3) is 0 Å². The second-order valence-electron chi connectivity index (χ2n) is 6.31. The molecular formula is C16H27N3S. The Morgan fingerprint density at radius 2 is 2.10 bits per heavy atom. The Kier molecular flexibility index (Phi) is 4.46. The lowest BCUT2D eigenvalue weighted by Gasteiger charge is -2.49. The fourth-order valence-corrected chi connectivity index (χ4v) is 4.70. The SMILES string of the molecule is CCCN1CCC(CN)(N2CCc3sccc3C2)CC1. The van der Waals surface area contributed by atoms with Crippen molar-refractivity contribution in [3.05, 3.63) is 21.9 Å². The standard InChI is InChI=1S/C16H27N3S/c1-2-7-18-9-5-16(13-17,6-10-18)19-8-3-15-14(12-19)4-11-20-15/h4,11H,2-3,5-10,12-13,17H2,1H3. The molecule has 3 rings (SSSR count). The number of nitrogens with zero attached hydrogens (tertiary/aromatic N) is 2. The van der Waals surface area contributed by atoms with Gasteiger partial charge in [-0.15, -0.1) is 11.3 Å². The van der Waals surface area contributed by atoms with E-state index in [2.05, 4.69) is 28.2 Å². The summed E-state index contributed by atoms with van der Waals surface area (Å²) in [5, 5.41) is 2.24. The quantitative estimate of drug-likeness (QED) is 0.924. The maximum Gasteiger partial charge on any atom is 0.0359 e. The number of hydrogen-bond acceptors (Lipinski definition) is 4. The largest absolute Gasteiger partial charge is 0.329 e. The number of nitrogens with two attached hydrogens (primary N) is 1. The molecular weight excluding hydrogens is 266 g/mol. The monoisotopic (exact) mass is 293 g/mol. The van der Waals surface area contributed by atoms with Crippen LogP contribution in [0.2, 0.25) is 0 Å². The normalized spacial score (nSPS) is 23.7. The number of piperidine rings is 1. The molecule has 0 amide bonds. The van der Waals surface area contributed by atoms with Gasteiger partial charge in [-0.25, -0.2) is 0 Å². The van der Waals surface area contributed by atoms with Crippen LogP contribution in [0.3, 0.4) is 0 Å². The molecule has 20 heavy (non-hydrogen) atoms. The first-order valence-electron chi connectivity index (χ1n) is 8.00. The summed E-state index contributed by atoms with van der Waals surface area (Å²) in [4.78, 5) is 6.89. The molecule has 0 aliphatic carbocycles. The second kappa shape index (κ2) is 6.14. The van der Waals surface area contributed by atoms with Crippen LogP contribution < -0.4 is 5.73 Å². The molecule has 3 nitrogen and oxygen atoms in total.